The lowest BCUT2D eigenvalue weighted by molar-refractivity contribution is 0.671. The van der Waals surface area contributed by atoms with E-state index >= 15 is 0 Å². The lowest BCUT2D eigenvalue weighted by atomic mass is 10.0. The van der Waals surface area contributed by atoms with E-state index in [4.69, 9.17) is 0 Å². The second-order valence-electron chi connectivity index (χ2n) is 2.13. The van der Waals surface area contributed by atoms with Gasteiger partial charge in [0, 0.05) is 12.3 Å². The molecule has 0 aromatic heterocycles. The topological polar surface area (TPSA) is 0 Å². The highest BCUT2D eigenvalue weighted by Gasteiger charge is 1.96. The second kappa shape index (κ2) is 6.24. The van der Waals surface area contributed by atoms with Gasteiger partial charge >= 0.3 is 0 Å². The van der Waals surface area contributed by atoms with Crippen LogP contribution in [0.3, 0.4) is 0 Å². The molecule has 0 radical (unpaired) electrons. The SMILES string of the molecule is CC#CCC(C#CC)CC. The first kappa shape index (κ1) is 9.12. The van der Waals surface area contributed by atoms with Crippen molar-refractivity contribution in [2.45, 2.75) is 33.6 Å². The normalized spacial score (nSPS) is 10.3. The maximum atomic E-state index is 3.11. The number of hydrogen-bond acceptors (Lipinski definition) is 0. The monoisotopic (exact) mass is 134 g/mol. The van der Waals surface area contributed by atoms with E-state index in [9.17, 15) is 0 Å². The molecular weight excluding hydrogens is 120 g/mol. The Labute approximate surface area is 64.0 Å². The van der Waals surface area contributed by atoms with E-state index in [1.165, 1.54) is 0 Å². The molecule has 0 saturated carbocycles. The number of hydrogen-bond donors (Lipinski definition) is 0. The molecule has 0 bridgehead atoms. The van der Waals surface area contributed by atoms with Crippen LogP contribution in [0.4, 0.5) is 0 Å². The Hall–Kier alpha value is -0.880. The van der Waals surface area contributed by atoms with E-state index in [1.54, 1.807) is 0 Å². The zero-order valence-electron chi connectivity index (χ0n) is 6.99. The van der Waals surface area contributed by atoms with E-state index < -0.39 is 0 Å². The molecule has 0 spiro atoms. The molecule has 0 heteroatoms. The Bertz CT molecular complexity index is 180. The van der Waals surface area contributed by atoms with Gasteiger partial charge < -0.3 is 0 Å². The summed E-state index contributed by atoms with van der Waals surface area (Å²) in [4.78, 5) is 0. The summed E-state index contributed by atoms with van der Waals surface area (Å²) < 4.78 is 0. The van der Waals surface area contributed by atoms with Crippen LogP contribution in [0.2, 0.25) is 0 Å². The Kier molecular flexibility index (Phi) is 5.69. The van der Waals surface area contributed by atoms with Crippen molar-refractivity contribution < 1.29 is 0 Å². The van der Waals surface area contributed by atoms with Crippen molar-refractivity contribution >= 4 is 0 Å². The minimum atomic E-state index is 0.484. The van der Waals surface area contributed by atoms with Crippen LogP contribution in [-0.4, -0.2) is 0 Å². The summed E-state index contributed by atoms with van der Waals surface area (Å²) in [5, 5.41) is 0. The predicted molar refractivity (Wildman–Crippen MR) is 45.3 cm³/mol. The van der Waals surface area contributed by atoms with Gasteiger partial charge in [-0.1, -0.05) is 12.8 Å². The molecule has 0 aliphatic heterocycles. The van der Waals surface area contributed by atoms with Crippen LogP contribution < -0.4 is 0 Å². The van der Waals surface area contributed by atoms with E-state index in [-0.39, 0.29) is 0 Å². The lowest BCUT2D eigenvalue weighted by Crippen LogP contribution is -1.91. The van der Waals surface area contributed by atoms with Crippen molar-refractivity contribution in [3.63, 3.8) is 0 Å². The quantitative estimate of drug-likeness (QED) is 0.509. The molecule has 0 aliphatic rings. The molecule has 0 saturated heterocycles. The number of rotatable bonds is 2. The molecule has 0 nitrogen and oxygen atoms in total. The Morgan fingerprint density at radius 3 is 2.30 bits per heavy atom. The van der Waals surface area contributed by atoms with Gasteiger partial charge in [0.25, 0.3) is 0 Å². The van der Waals surface area contributed by atoms with Crippen LogP contribution in [-0.2, 0) is 0 Å². The van der Waals surface area contributed by atoms with Gasteiger partial charge in [0.1, 0.15) is 0 Å². The van der Waals surface area contributed by atoms with Crippen LogP contribution in [0, 0.1) is 29.6 Å². The minimum Gasteiger partial charge on any atom is -0.107 e. The summed E-state index contributed by atoms with van der Waals surface area (Å²) in [6, 6.07) is 0. The molecule has 1 atom stereocenters. The van der Waals surface area contributed by atoms with Gasteiger partial charge in [-0.3, -0.25) is 0 Å². The largest absolute Gasteiger partial charge is 0.107 e. The average molecular weight is 134 g/mol. The summed E-state index contributed by atoms with van der Waals surface area (Å²) in [5.74, 6) is 12.4. The third kappa shape index (κ3) is 4.04. The van der Waals surface area contributed by atoms with E-state index in [0.717, 1.165) is 12.8 Å². The van der Waals surface area contributed by atoms with Crippen LogP contribution in [0.15, 0.2) is 0 Å². The fourth-order valence-electron chi connectivity index (χ4n) is 0.727. The van der Waals surface area contributed by atoms with Crippen LogP contribution in [0.1, 0.15) is 33.6 Å². The fourth-order valence-corrected chi connectivity index (χ4v) is 0.727. The zero-order chi connectivity index (χ0) is 7.82. The van der Waals surface area contributed by atoms with Crippen LogP contribution >= 0.6 is 0 Å². The lowest BCUT2D eigenvalue weighted by Gasteiger charge is -1.99. The van der Waals surface area contributed by atoms with Gasteiger partial charge in [0.15, 0.2) is 0 Å². The van der Waals surface area contributed by atoms with Crippen molar-refractivity contribution in [3.8, 4) is 23.7 Å². The smallest absolute Gasteiger partial charge is 0.0309 e. The summed E-state index contributed by atoms with van der Waals surface area (Å²) >= 11 is 0. The molecule has 0 heterocycles. The minimum absolute atomic E-state index is 0.484. The van der Waals surface area contributed by atoms with E-state index in [0.29, 0.717) is 5.92 Å². The first-order valence-corrected chi connectivity index (χ1v) is 3.67. The molecule has 54 valence electrons. The third-order valence-electron chi connectivity index (χ3n) is 1.37. The highest BCUT2D eigenvalue weighted by molar-refractivity contribution is 5.07. The maximum absolute atomic E-state index is 3.11. The van der Waals surface area contributed by atoms with Crippen molar-refractivity contribution in [1.29, 1.82) is 0 Å². The van der Waals surface area contributed by atoms with Crippen LogP contribution in [0.5, 0.6) is 0 Å². The molecule has 0 N–H and O–H groups in total. The molecule has 0 fully saturated rings. The molecule has 10 heavy (non-hydrogen) atoms. The summed E-state index contributed by atoms with van der Waals surface area (Å²) in [6.07, 6.45) is 2.03. The Morgan fingerprint density at radius 1 is 1.20 bits per heavy atom. The Morgan fingerprint density at radius 2 is 1.90 bits per heavy atom. The van der Waals surface area contributed by atoms with Crippen molar-refractivity contribution in [1.82, 2.24) is 0 Å². The summed E-state index contributed by atoms with van der Waals surface area (Å²) in [5.41, 5.74) is 0. The fraction of sp³-hybridized carbons (Fsp3) is 0.600. The van der Waals surface area contributed by atoms with Gasteiger partial charge in [-0.25, -0.2) is 0 Å². The second-order valence-corrected chi connectivity index (χ2v) is 2.13. The average Bonchev–Trinajstić information content (AvgIpc) is 1.98. The highest BCUT2D eigenvalue weighted by atomic mass is 14.0. The summed E-state index contributed by atoms with van der Waals surface area (Å²) in [7, 11) is 0. The predicted octanol–water partition coefficient (Wildman–Crippen LogP) is 2.45. The van der Waals surface area contributed by atoms with Crippen molar-refractivity contribution in [2.75, 3.05) is 0 Å². The van der Waals surface area contributed by atoms with Crippen molar-refractivity contribution in [3.05, 3.63) is 0 Å². The summed E-state index contributed by atoms with van der Waals surface area (Å²) in [6.45, 7) is 5.89. The Balaban J connectivity index is 3.75. The molecule has 0 aliphatic carbocycles. The maximum Gasteiger partial charge on any atom is 0.0309 e. The zero-order valence-corrected chi connectivity index (χ0v) is 6.99. The molecule has 0 rings (SSSR count). The molecule has 0 aromatic rings. The molecular formula is C10H14. The van der Waals surface area contributed by atoms with Crippen LogP contribution in [0.25, 0.3) is 0 Å². The molecule has 0 aromatic carbocycles. The third-order valence-corrected chi connectivity index (χ3v) is 1.37. The van der Waals surface area contributed by atoms with E-state index in [2.05, 4.69) is 30.6 Å². The van der Waals surface area contributed by atoms with Gasteiger partial charge in [-0.15, -0.1) is 17.8 Å². The standard InChI is InChI=1S/C10H14/c1-4-7-9-10(6-3)8-5-2/h10H,6,9H2,1-3H3. The molecule has 0 amide bonds. The van der Waals surface area contributed by atoms with Gasteiger partial charge in [0.2, 0.25) is 0 Å². The van der Waals surface area contributed by atoms with Crippen molar-refractivity contribution in [2.24, 2.45) is 5.92 Å². The highest BCUT2D eigenvalue weighted by Crippen LogP contribution is 2.04. The first-order chi connectivity index (χ1) is 4.85. The van der Waals surface area contributed by atoms with Gasteiger partial charge in [-0.05, 0) is 20.3 Å². The van der Waals surface area contributed by atoms with E-state index in [1.807, 2.05) is 13.8 Å². The molecule has 1 unspecified atom stereocenters. The van der Waals surface area contributed by atoms with Gasteiger partial charge in [0.05, 0.1) is 0 Å². The first-order valence-electron chi connectivity index (χ1n) is 3.67. The van der Waals surface area contributed by atoms with Gasteiger partial charge in [-0.2, -0.15) is 0 Å².